The normalized spacial score (nSPS) is 22.3. The number of urea groups is 1. The van der Waals surface area contributed by atoms with Gasteiger partial charge in [0.2, 0.25) is 0 Å². The number of hydrogen-bond donors (Lipinski definition) is 2. The molecule has 0 aromatic heterocycles. The van der Waals surface area contributed by atoms with E-state index in [1.54, 1.807) is 24.3 Å². The molecule has 1 saturated heterocycles. The van der Waals surface area contributed by atoms with Gasteiger partial charge in [-0.1, -0.05) is 30.7 Å². The minimum absolute atomic E-state index is 0.0468. The Hall–Kier alpha value is -1.75. The highest BCUT2D eigenvalue weighted by Crippen LogP contribution is 2.25. The Balaban J connectivity index is 2.02. The zero-order valence-corrected chi connectivity index (χ0v) is 11.2. The summed E-state index contributed by atoms with van der Waals surface area (Å²) < 4.78 is 0. The second kappa shape index (κ2) is 5.48. The molecule has 0 bridgehead atoms. The molecule has 5 nitrogen and oxygen atoms in total. The van der Waals surface area contributed by atoms with Crippen LogP contribution in [0.15, 0.2) is 24.3 Å². The lowest BCUT2D eigenvalue weighted by molar-refractivity contribution is -0.142. The number of carbonyl (C=O) groups excluding carboxylic acids is 1. The first kappa shape index (κ1) is 13.7. The van der Waals surface area contributed by atoms with Crippen molar-refractivity contribution >= 4 is 29.3 Å². The first-order valence-electron chi connectivity index (χ1n) is 6.02. The number of carbonyl (C=O) groups is 2. The minimum Gasteiger partial charge on any atom is -0.481 e. The van der Waals surface area contributed by atoms with Gasteiger partial charge in [-0.25, -0.2) is 4.79 Å². The van der Waals surface area contributed by atoms with E-state index in [1.807, 2.05) is 6.92 Å². The number of carboxylic acids is 1. The zero-order valence-electron chi connectivity index (χ0n) is 10.5. The van der Waals surface area contributed by atoms with E-state index in [0.29, 0.717) is 17.3 Å². The van der Waals surface area contributed by atoms with E-state index < -0.39 is 11.9 Å². The molecule has 1 aliphatic rings. The van der Waals surface area contributed by atoms with Crippen molar-refractivity contribution in [2.75, 3.05) is 18.4 Å². The third kappa shape index (κ3) is 2.98. The van der Waals surface area contributed by atoms with Gasteiger partial charge >= 0.3 is 12.0 Å². The molecule has 0 radical (unpaired) electrons. The minimum atomic E-state index is -0.861. The van der Waals surface area contributed by atoms with Crippen molar-refractivity contribution in [1.29, 1.82) is 0 Å². The van der Waals surface area contributed by atoms with Crippen molar-refractivity contribution in [2.24, 2.45) is 11.8 Å². The predicted molar refractivity (Wildman–Crippen MR) is 72.3 cm³/mol. The number of nitrogens with one attached hydrogen (secondary N) is 1. The SMILES string of the molecule is C[C@@H]1CN(C(=O)Nc2ccccc2Cl)C[C@H]1C(=O)O. The Kier molecular flexibility index (Phi) is 3.95. The van der Waals surface area contributed by atoms with E-state index >= 15 is 0 Å². The van der Waals surface area contributed by atoms with Crippen LogP contribution in [0.4, 0.5) is 10.5 Å². The van der Waals surface area contributed by atoms with Crippen LogP contribution in [0.1, 0.15) is 6.92 Å². The lowest BCUT2D eigenvalue weighted by Crippen LogP contribution is -2.33. The van der Waals surface area contributed by atoms with Crippen LogP contribution in [-0.2, 0) is 4.79 Å². The first-order valence-corrected chi connectivity index (χ1v) is 6.40. The number of hydrogen-bond acceptors (Lipinski definition) is 2. The molecule has 102 valence electrons. The van der Waals surface area contributed by atoms with Crippen LogP contribution < -0.4 is 5.32 Å². The number of carboxylic acid groups (broad SMARTS) is 1. The lowest BCUT2D eigenvalue weighted by Gasteiger charge is -2.17. The van der Waals surface area contributed by atoms with Gasteiger partial charge in [0.15, 0.2) is 0 Å². The number of para-hydroxylation sites is 1. The van der Waals surface area contributed by atoms with Gasteiger partial charge in [0.25, 0.3) is 0 Å². The third-order valence-electron chi connectivity index (χ3n) is 3.33. The quantitative estimate of drug-likeness (QED) is 0.876. The van der Waals surface area contributed by atoms with Gasteiger partial charge < -0.3 is 15.3 Å². The summed E-state index contributed by atoms with van der Waals surface area (Å²) in [5, 5.41) is 12.2. The van der Waals surface area contributed by atoms with Crippen LogP contribution in [0.2, 0.25) is 5.02 Å². The number of aliphatic carboxylic acids is 1. The molecule has 2 atom stereocenters. The van der Waals surface area contributed by atoms with Gasteiger partial charge in [-0.15, -0.1) is 0 Å². The van der Waals surface area contributed by atoms with E-state index in [9.17, 15) is 9.59 Å². The summed E-state index contributed by atoms with van der Waals surface area (Å²) >= 11 is 5.96. The van der Waals surface area contributed by atoms with Gasteiger partial charge in [-0.2, -0.15) is 0 Å². The molecule has 0 aliphatic carbocycles. The Morgan fingerprint density at radius 2 is 2.05 bits per heavy atom. The molecule has 1 heterocycles. The summed E-state index contributed by atoms with van der Waals surface area (Å²) in [7, 11) is 0. The van der Waals surface area contributed by atoms with Crippen LogP contribution >= 0.6 is 11.6 Å². The highest BCUT2D eigenvalue weighted by Gasteiger charge is 2.37. The lowest BCUT2D eigenvalue weighted by atomic mass is 9.99. The molecule has 1 aliphatic heterocycles. The molecule has 2 rings (SSSR count). The third-order valence-corrected chi connectivity index (χ3v) is 3.66. The second-order valence-corrected chi connectivity index (χ2v) is 5.14. The molecule has 2 N–H and O–H groups in total. The van der Waals surface area contributed by atoms with E-state index in [-0.39, 0.29) is 18.5 Å². The molecule has 1 fully saturated rings. The number of rotatable bonds is 2. The average Bonchev–Trinajstić information content (AvgIpc) is 2.74. The summed E-state index contributed by atoms with van der Waals surface area (Å²) in [4.78, 5) is 24.6. The van der Waals surface area contributed by atoms with E-state index in [0.717, 1.165) is 0 Å². The van der Waals surface area contributed by atoms with Crippen molar-refractivity contribution in [3.05, 3.63) is 29.3 Å². The van der Waals surface area contributed by atoms with Gasteiger partial charge in [0.05, 0.1) is 16.6 Å². The average molecular weight is 283 g/mol. The van der Waals surface area contributed by atoms with Crippen LogP contribution in [0, 0.1) is 11.8 Å². The van der Waals surface area contributed by atoms with E-state index in [2.05, 4.69) is 5.32 Å². The summed E-state index contributed by atoms with van der Waals surface area (Å²) in [5.74, 6) is -1.41. The number of anilines is 1. The van der Waals surface area contributed by atoms with Crippen LogP contribution in [0.3, 0.4) is 0 Å². The van der Waals surface area contributed by atoms with Gasteiger partial charge in [0.1, 0.15) is 0 Å². The number of halogens is 1. The maximum Gasteiger partial charge on any atom is 0.321 e. The van der Waals surface area contributed by atoms with Gasteiger partial charge in [-0.3, -0.25) is 4.79 Å². The molecule has 19 heavy (non-hydrogen) atoms. The number of nitrogens with zero attached hydrogens (tertiary/aromatic N) is 1. The molecule has 1 aromatic rings. The largest absolute Gasteiger partial charge is 0.481 e. The van der Waals surface area contributed by atoms with Crippen LogP contribution in [0.25, 0.3) is 0 Å². The summed E-state index contributed by atoms with van der Waals surface area (Å²) in [6, 6.07) is 6.62. The van der Waals surface area contributed by atoms with E-state index in [4.69, 9.17) is 16.7 Å². The maximum atomic E-state index is 12.0. The molecule has 0 spiro atoms. The van der Waals surface area contributed by atoms with Crippen molar-refractivity contribution in [3.63, 3.8) is 0 Å². The molecule has 0 unspecified atom stereocenters. The molecular formula is C13H15ClN2O3. The topological polar surface area (TPSA) is 69.6 Å². The second-order valence-electron chi connectivity index (χ2n) is 4.74. The van der Waals surface area contributed by atoms with Crippen LogP contribution in [-0.4, -0.2) is 35.1 Å². The van der Waals surface area contributed by atoms with E-state index in [1.165, 1.54) is 4.90 Å². The number of likely N-dealkylation sites (tertiary alicyclic amines) is 1. The van der Waals surface area contributed by atoms with Crippen LogP contribution in [0.5, 0.6) is 0 Å². The zero-order chi connectivity index (χ0) is 14.0. The molecule has 2 amide bonds. The number of amides is 2. The van der Waals surface area contributed by atoms with Crippen molar-refractivity contribution < 1.29 is 14.7 Å². The Morgan fingerprint density at radius 1 is 1.37 bits per heavy atom. The molecule has 0 saturated carbocycles. The standard InChI is InChI=1S/C13H15ClN2O3/c1-8-6-16(7-9(8)12(17)18)13(19)15-11-5-3-2-4-10(11)14/h2-5,8-9H,6-7H2,1H3,(H,15,19)(H,17,18)/t8-,9-/m1/s1. The van der Waals surface area contributed by atoms with Crippen molar-refractivity contribution in [3.8, 4) is 0 Å². The van der Waals surface area contributed by atoms with Crippen molar-refractivity contribution in [1.82, 2.24) is 4.90 Å². The van der Waals surface area contributed by atoms with Crippen molar-refractivity contribution in [2.45, 2.75) is 6.92 Å². The smallest absolute Gasteiger partial charge is 0.321 e. The highest BCUT2D eigenvalue weighted by molar-refractivity contribution is 6.33. The first-order chi connectivity index (χ1) is 8.99. The number of benzene rings is 1. The summed E-state index contributed by atoms with van der Waals surface area (Å²) in [6.45, 7) is 2.50. The predicted octanol–water partition coefficient (Wildman–Crippen LogP) is 2.52. The summed E-state index contributed by atoms with van der Waals surface area (Å²) in [5.41, 5.74) is 0.528. The van der Waals surface area contributed by atoms with Gasteiger partial charge in [-0.05, 0) is 18.1 Å². The summed E-state index contributed by atoms with van der Waals surface area (Å²) in [6.07, 6.45) is 0. The maximum absolute atomic E-state index is 12.0. The Bertz CT molecular complexity index is 506. The Labute approximate surface area is 116 Å². The molecule has 1 aromatic carbocycles. The fraction of sp³-hybridized carbons (Fsp3) is 0.385. The van der Waals surface area contributed by atoms with Gasteiger partial charge in [0, 0.05) is 13.1 Å². The fourth-order valence-corrected chi connectivity index (χ4v) is 2.39. The molecule has 6 heteroatoms. The highest BCUT2D eigenvalue weighted by atomic mass is 35.5. The molecular weight excluding hydrogens is 268 g/mol. The Morgan fingerprint density at radius 3 is 2.63 bits per heavy atom. The monoisotopic (exact) mass is 282 g/mol. The fourth-order valence-electron chi connectivity index (χ4n) is 2.21.